The molecule has 8 heteroatoms. The van der Waals surface area contributed by atoms with Crippen molar-refractivity contribution in [1.82, 2.24) is 4.98 Å². The number of rotatable bonds is 4. The fourth-order valence-electron chi connectivity index (χ4n) is 4.41. The molecule has 4 rings (SSSR count). The molecule has 1 N–H and O–H groups in total. The van der Waals surface area contributed by atoms with Gasteiger partial charge in [0.15, 0.2) is 0 Å². The van der Waals surface area contributed by atoms with Crippen LogP contribution in [0.15, 0.2) is 36.5 Å². The van der Waals surface area contributed by atoms with E-state index in [1.807, 2.05) is 23.1 Å². The van der Waals surface area contributed by atoms with Crippen molar-refractivity contribution >= 4 is 11.7 Å². The number of ether oxygens (including phenoxy) is 1. The van der Waals surface area contributed by atoms with Crippen LogP contribution in [0.25, 0.3) is 0 Å². The van der Waals surface area contributed by atoms with Crippen LogP contribution in [0.4, 0.5) is 18.9 Å². The van der Waals surface area contributed by atoms with Crippen LogP contribution in [-0.2, 0) is 23.8 Å². The van der Waals surface area contributed by atoms with E-state index in [-0.39, 0.29) is 5.60 Å². The van der Waals surface area contributed by atoms with E-state index in [2.05, 4.69) is 4.98 Å². The second kappa shape index (κ2) is 8.05. The zero-order chi connectivity index (χ0) is 22.2. The highest BCUT2D eigenvalue weighted by Gasteiger charge is 2.40. The van der Waals surface area contributed by atoms with Crippen LogP contribution in [0.3, 0.4) is 0 Å². The lowest BCUT2D eigenvalue weighted by atomic mass is 9.82. The average Bonchev–Trinajstić information content (AvgIpc) is 2.73. The van der Waals surface area contributed by atoms with Crippen LogP contribution in [0.5, 0.6) is 5.75 Å². The lowest BCUT2D eigenvalue weighted by Crippen LogP contribution is -2.49. The van der Waals surface area contributed by atoms with E-state index < -0.39 is 23.8 Å². The molecule has 1 saturated heterocycles. The first-order valence-corrected chi connectivity index (χ1v) is 10.5. The quantitative estimate of drug-likeness (QED) is 0.754. The molecule has 2 aliphatic rings. The third-order valence-electron chi connectivity index (χ3n) is 6.35. The molecule has 2 aromatic rings. The van der Waals surface area contributed by atoms with Gasteiger partial charge in [0.2, 0.25) is 0 Å². The summed E-state index contributed by atoms with van der Waals surface area (Å²) in [6, 6.07) is 8.63. The van der Waals surface area contributed by atoms with Gasteiger partial charge in [0.1, 0.15) is 17.0 Å². The first-order chi connectivity index (χ1) is 14.7. The number of hydrogen-bond donors (Lipinski definition) is 1. The Morgan fingerprint density at radius 2 is 1.97 bits per heavy atom. The Labute approximate surface area is 178 Å². The highest BCUT2D eigenvalue weighted by Crippen LogP contribution is 2.41. The number of benzene rings is 1. The minimum Gasteiger partial charge on any atom is -0.487 e. The Balaban J connectivity index is 1.45. The SMILES string of the molecule is CC(Cc1ccc2c(c1)OC1(CC2)CCN(c2ccnc(C(F)(F)F)c2)CC1)C(=O)O. The van der Waals surface area contributed by atoms with Gasteiger partial charge in [0.25, 0.3) is 0 Å². The van der Waals surface area contributed by atoms with E-state index in [1.165, 1.54) is 6.20 Å². The first kappa shape index (κ1) is 21.5. The number of carboxylic acids is 1. The number of carbonyl (C=O) groups is 1. The Hall–Kier alpha value is -2.77. The van der Waals surface area contributed by atoms with E-state index in [0.29, 0.717) is 38.0 Å². The number of anilines is 1. The number of piperidine rings is 1. The minimum absolute atomic E-state index is 0.333. The lowest BCUT2D eigenvalue weighted by molar-refractivity contribution is -0.142. The predicted molar refractivity (Wildman–Crippen MR) is 109 cm³/mol. The van der Waals surface area contributed by atoms with Gasteiger partial charge in [-0.2, -0.15) is 13.2 Å². The molecule has 0 amide bonds. The molecule has 1 unspecified atom stereocenters. The smallest absolute Gasteiger partial charge is 0.433 e. The summed E-state index contributed by atoms with van der Waals surface area (Å²) in [5.41, 5.74) is 1.36. The van der Waals surface area contributed by atoms with E-state index in [0.717, 1.165) is 35.8 Å². The molecule has 1 atom stereocenters. The van der Waals surface area contributed by atoms with E-state index in [4.69, 9.17) is 9.84 Å². The maximum Gasteiger partial charge on any atom is 0.433 e. The number of aliphatic carboxylic acids is 1. The maximum absolute atomic E-state index is 13.0. The monoisotopic (exact) mass is 434 g/mol. The van der Waals surface area contributed by atoms with Crippen molar-refractivity contribution in [3.8, 4) is 5.75 Å². The van der Waals surface area contributed by atoms with E-state index in [1.54, 1.807) is 13.0 Å². The fourth-order valence-corrected chi connectivity index (χ4v) is 4.41. The first-order valence-electron chi connectivity index (χ1n) is 10.5. The van der Waals surface area contributed by atoms with Gasteiger partial charge in [-0.05, 0) is 48.6 Å². The molecule has 1 aromatic heterocycles. The zero-order valence-corrected chi connectivity index (χ0v) is 17.3. The molecule has 31 heavy (non-hydrogen) atoms. The third kappa shape index (κ3) is 4.62. The van der Waals surface area contributed by atoms with Crippen LogP contribution < -0.4 is 9.64 Å². The predicted octanol–water partition coefficient (Wildman–Crippen LogP) is 4.73. The van der Waals surface area contributed by atoms with E-state index >= 15 is 0 Å². The van der Waals surface area contributed by atoms with Crippen LogP contribution in [0, 0.1) is 5.92 Å². The second-order valence-corrected chi connectivity index (χ2v) is 8.55. The maximum atomic E-state index is 13.0. The van der Waals surface area contributed by atoms with Crippen molar-refractivity contribution in [1.29, 1.82) is 0 Å². The van der Waals surface area contributed by atoms with Gasteiger partial charge in [0.05, 0.1) is 5.92 Å². The van der Waals surface area contributed by atoms with Crippen molar-refractivity contribution in [3.63, 3.8) is 0 Å². The number of hydrogen-bond acceptors (Lipinski definition) is 4. The fraction of sp³-hybridized carbons (Fsp3) is 0.478. The Kier molecular flexibility index (Phi) is 5.58. The molecule has 1 fully saturated rings. The molecule has 3 heterocycles. The summed E-state index contributed by atoms with van der Waals surface area (Å²) in [5, 5.41) is 9.16. The molecule has 166 valence electrons. The second-order valence-electron chi connectivity index (χ2n) is 8.55. The molecular weight excluding hydrogens is 409 g/mol. The summed E-state index contributed by atoms with van der Waals surface area (Å²) < 4.78 is 45.4. The van der Waals surface area contributed by atoms with Crippen LogP contribution >= 0.6 is 0 Å². The zero-order valence-electron chi connectivity index (χ0n) is 17.3. The number of halogens is 3. The molecule has 0 saturated carbocycles. The topological polar surface area (TPSA) is 62.7 Å². The number of pyridine rings is 1. The molecule has 0 aliphatic carbocycles. The summed E-state index contributed by atoms with van der Waals surface area (Å²) in [7, 11) is 0. The van der Waals surface area contributed by atoms with Crippen LogP contribution in [0.1, 0.15) is 43.0 Å². The van der Waals surface area contributed by atoms with Gasteiger partial charge in [-0.3, -0.25) is 9.78 Å². The average molecular weight is 434 g/mol. The highest BCUT2D eigenvalue weighted by atomic mass is 19.4. The summed E-state index contributed by atoms with van der Waals surface area (Å²) in [6.07, 6.45) is 0.350. The van der Waals surface area contributed by atoms with Gasteiger partial charge in [-0.1, -0.05) is 19.1 Å². The Bertz CT molecular complexity index is 969. The summed E-state index contributed by atoms with van der Waals surface area (Å²) in [5.74, 6) is -0.494. The largest absolute Gasteiger partial charge is 0.487 e. The molecule has 1 aromatic carbocycles. The van der Waals surface area contributed by atoms with Crippen LogP contribution in [0.2, 0.25) is 0 Å². The summed E-state index contributed by atoms with van der Waals surface area (Å²) in [6.45, 7) is 2.89. The van der Waals surface area contributed by atoms with Gasteiger partial charge in [0, 0.05) is 37.8 Å². The normalized spacial score (nSPS) is 18.9. The van der Waals surface area contributed by atoms with Gasteiger partial charge >= 0.3 is 12.1 Å². The van der Waals surface area contributed by atoms with Crippen molar-refractivity contribution < 1.29 is 27.8 Å². The summed E-state index contributed by atoms with van der Waals surface area (Å²) in [4.78, 5) is 16.5. The van der Waals surface area contributed by atoms with Crippen molar-refractivity contribution in [2.45, 2.75) is 50.8 Å². The minimum atomic E-state index is -4.46. The molecule has 5 nitrogen and oxygen atoms in total. The number of aromatic nitrogens is 1. The molecule has 1 spiro atoms. The molecule has 0 radical (unpaired) electrons. The van der Waals surface area contributed by atoms with Gasteiger partial charge < -0.3 is 14.7 Å². The lowest BCUT2D eigenvalue weighted by Gasteiger charge is -2.45. The van der Waals surface area contributed by atoms with E-state index in [9.17, 15) is 18.0 Å². The third-order valence-corrected chi connectivity index (χ3v) is 6.35. The molecular formula is C23H25F3N2O3. The summed E-state index contributed by atoms with van der Waals surface area (Å²) >= 11 is 0. The standard InChI is InChI=1S/C23H25F3N2O3/c1-15(21(29)30)12-16-2-3-17-4-6-22(31-19(17)13-16)7-10-28(11-8-22)18-5-9-27-20(14-18)23(24,25)26/h2-3,5,9,13-15H,4,6-8,10-12H2,1H3,(H,29,30). The number of carboxylic acid groups (broad SMARTS) is 1. The molecule has 0 bridgehead atoms. The highest BCUT2D eigenvalue weighted by molar-refractivity contribution is 5.70. The Morgan fingerprint density at radius 1 is 1.23 bits per heavy atom. The molecule has 2 aliphatic heterocycles. The number of nitrogens with zero attached hydrogens (tertiary/aromatic N) is 2. The number of fused-ring (bicyclic) bond motifs is 1. The van der Waals surface area contributed by atoms with Crippen LogP contribution in [-0.4, -0.2) is 34.8 Å². The van der Waals surface area contributed by atoms with Gasteiger partial charge in [-0.15, -0.1) is 0 Å². The Morgan fingerprint density at radius 3 is 2.65 bits per heavy atom. The van der Waals surface area contributed by atoms with Crippen molar-refractivity contribution in [3.05, 3.63) is 53.3 Å². The number of aryl methyl sites for hydroxylation is 1. The van der Waals surface area contributed by atoms with Crippen molar-refractivity contribution in [2.75, 3.05) is 18.0 Å². The number of alkyl halides is 3. The van der Waals surface area contributed by atoms with Gasteiger partial charge in [-0.25, -0.2) is 0 Å². The van der Waals surface area contributed by atoms with Crippen molar-refractivity contribution in [2.24, 2.45) is 5.92 Å².